The van der Waals surface area contributed by atoms with E-state index in [0.29, 0.717) is 16.7 Å². The molecule has 0 N–H and O–H groups in total. The molecule has 0 nitrogen and oxygen atoms in total. The van der Waals surface area contributed by atoms with E-state index in [4.69, 9.17) is 0 Å². The van der Waals surface area contributed by atoms with E-state index < -0.39 is 0 Å². The second kappa shape index (κ2) is 4.68. The Bertz CT molecular complexity index is 347. The van der Waals surface area contributed by atoms with E-state index in [1.165, 1.54) is 19.3 Å². The standard InChI is InChI=1S/C17H24/c1-4-15(16(2)11-7-5-8-12-16)17(3)13-9-6-10-14-17/h5-11,13,15H,4,12,14H2,1-3H3. The zero-order chi connectivity index (χ0) is 12.4. The number of rotatable bonds is 3. The summed E-state index contributed by atoms with van der Waals surface area (Å²) < 4.78 is 0. The van der Waals surface area contributed by atoms with Crippen molar-refractivity contribution in [3.05, 3.63) is 48.6 Å². The first-order chi connectivity index (χ1) is 8.11. The van der Waals surface area contributed by atoms with Gasteiger partial charge in [-0.1, -0.05) is 75.8 Å². The van der Waals surface area contributed by atoms with Crippen LogP contribution in [0.5, 0.6) is 0 Å². The van der Waals surface area contributed by atoms with Crippen LogP contribution in [0.3, 0.4) is 0 Å². The molecular weight excluding hydrogens is 204 g/mol. The number of allylic oxidation sites excluding steroid dienone is 8. The molecule has 0 bridgehead atoms. The van der Waals surface area contributed by atoms with Gasteiger partial charge in [-0.2, -0.15) is 0 Å². The summed E-state index contributed by atoms with van der Waals surface area (Å²) in [5.41, 5.74) is 0.627. The first kappa shape index (κ1) is 12.4. The van der Waals surface area contributed by atoms with Gasteiger partial charge in [0.25, 0.3) is 0 Å². The Morgan fingerprint density at radius 1 is 0.882 bits per heavy atom. The van der Waals surface area contributed by atoms with Crippen LogP contribution in [0.4, 0.5) is 0 Å². The summed E-state index contributed by atoms with van der Waals surface area (Å²) in [4.78, 5) is 0. The molecule has 0 heterocycles. The Hall–Kier alpha value is -1.04. The first-order valence-corrected chi connectivity index (χ1v) is 6.79. The van der Waals surface area contributed by atoms with Crippen LogP contribution in [-0.4, -0.2) is 0 Å². The molecule has 17 heavy (non-hydrogen) atoms. The zero-order valence-corrected chi connectivity index (χ0v) is 11.3. The normalized spacial score (nSPS) is 37.4. The lowest BCUT2D eigenvalue weighted by molar-refractivity contribution is 0.117. The van der Waals surface area contributed by atoms with Crippen molar-refractivity contribution in [2.45, 2.75) is 40.0 Å². The van der Waals surface area contributed by atoms with Crippen LogP contribution < -0.4 is 0 Å². The lowest BCUT2D eigenvalue weighted by atomic mass is 9.58. The maximum atomic E-state index is 2.42. The Labute approximate surface area is 106 Å². The van der Waals surface area contributed by atoms with E-state index in [9.17, 15) is 0 Å². The largest absolute Gasteiger partial charge is 0.0837 e. The third-order valence-electron chi connectivity index (χ3n) is 4.56. The number of hydrogen-bond donors (Lipinski definition) is 0. The van der Waals surface area contributed by atoms with Gasteiger partial charge in [-0.3, -0.25) is 0 Å². The maximum Gasteiger partial charge on any atom is -0.00724 e. The molecule has 0 aromatic heterocycles. The van der Waals surface area contributed by atoms with Crippen molar-refractivity contribution in [2.75, 3.05) is 0 Å². The van der Waals surface area contributed by atoms with Crippen LogP contribution in [-0.2, 0) is 0 Å². The molecule has 2 atom stereocenters. The van der Waals surface area contributed by atoms with Crippen molar-refractivity contribution in [3.63, 3.8) is 0 Å². The molecule has 0 saturated heterocycles. The summed E-state index contributed by atoms with van der Waals surface area (Å²) >= 11 is 0. The fourth-order valence-electron chi connectivity index (χ4n) is 3.69. The van der Waals surface area contributed by atoms with Gasteiger partial charge in [0.1, 0.15) is 0 Å². The second-order valence-electron chi connectivity index (χ2n) is 5.96. The summed E-state index contributed by atoms with van der Waals surface area (Å²) in [5.74, 6) is 0.706. The third-order valence-corrected chi connectivity index (χ3v) is 4.56. The van der Waals surface area contributed by atoms with Gasteiger partial charge in [0, 0.05) is 0 Å². The Morgan fingerprint density at radius 2 is 1.35 bits per heavy atom. The average Bonchev–Trinajstić information content (AvgIpc) is 2.31. The molecule has 0 spiro atoms. The highest BCUT2D eigenvalue weighted by atomic mass is 14.5. The van der Waals surface area contributed by atoms with Crippen LogP contribution >= 0.6 is 0 Å². The van der Waals surface area contributed by atoms with E-state index in [-0.39, 0.29) is 0 Å². The molecule has 2 aliphatic rings. The second-order valence-corrected chi connectivity index (χ2v) is 5.96. The van der Waals surface area contributed by atoms with Crippen molar-refractivity contribution in [1.29, 1.82) is 0 Å². The minimum absolute atomic E-state index is 0.313. The van der Waals surface area contributed by atoms with Gasteiger partial charge in [-0.05, 0) is 29.6 Å². The number of hydrogen-bond acceptors (Lipinski definition) is 0. The first-order valence-electron chi connectivity index (χ1n) is 6.79. The van der Waals surface area contributed by atoms with Gasteiger partial charge in [-0.15, -0.1) is 0 Å². The van der Waals surface area contributed by atoms with Gasteiger partial charge < -0.3 is 0 Å². The minimum atomic E-state index is 0.313. The molecule has 2 unspecified atom stereocenters. The SMILES string of the molecule is CCC(C1(C)C=CC=CC1)C1(C)C=CC=CC1. The maximum absolute atomic E-state index is 2.42. The molecule has 0 saturated carbocycles. The molecule has 2 aliphatic carbocycles. The molecule has 0 amide bonds. The molecule has 92 valence electrons. The van der Waals surface area contributed by atoms with Crippen LogP contribution in [0.1, 0.15) is 40.0 Å². The molecule has 2 rings (SSSR count). The average molecular weight is 228 g/mol. The highest BCUT2D eigenvalue weighted by Gasteiger charge is 2.41. The monoisotopic (exact) mass is 228 g/mol. The van der Waals surface area contributed by atoms with E-state index >= 15 is 0 Å². The smallest absolute Gasteiger partial charge is 0.00724 e. The molecule has 0 aromatic carbocycles. The molecule has 0 aromatic rings. The Morgan fingerprint density at radius 3 is 1.65 bits per heavy atom. The van der Waals surface area contributed by atoms with Crippen molar-refractivity contribution in [1.82, 2.24) is 0 Å². The van der Waals surface area contributed by atoms with Crippen LogP contribution in [0, 0.1) is 16.7 Å². The van der Waals surface area contributed by atoms with Gasteiger partial charge >= 0.3 is 0 Å². The molecular formula is C17H24. The van der Waals surface area contributed by atoms with E-state index in [1.807, 2.05) is 0 Å². The van der Waals surface area contributed by atoms with Gasteiger partial charge in [0.05, 0.1) is 0 Å². The highest BCUT2D eigenvalue weighted by Crippen LogP contribution is 2.50. The molecule has 0 radical (unpaired) electrons. The predicted molar refractivity (Wildman–Crippen MR) is 75.8 cm³/mol. The van der Waals surface area contributed by atoms with Crippen LogP contribution in [0.25, 0.3) is 0 Å². The molecule has 0 heteroatoms. The van der Waals surface area contributed by atoms with Crippen molar-refractivity contribution in [3.8, 4) is 0 Å². The fourth-order valence-corrected chi connectivity index (χ4v) is 3.69. The van der Waals surface area contributed by atoms with Gasteiger partial charge in [-0.25, -0.2) is 0 Å². The van der Waals surface area contributed by atoms with Crippen molar-refractivity contribution in [2.24, 2.45) is 16.7 Å². The fraction of sp³-hybridized carbons (Fsp3) is 0.529. The van der Waals surface area contributed by atoms with E-state index in [2.05, 4.69) is 69.4 Å². The Balaban J connectivity index is 2.27. The van der Waals surface area contributed by atoms with E-state index in [0.717, 1.165) is 0 Å². The summed E-state index contributed by atoms with van der Waals surface area (Å²) in [6, 6.07) is 0. The van der Waals surface area contributed by atoms with E-state index in [1.54, 1.807) is 0 Å². The lowest BCUT2D eigenvalue weighted by Crippen LogP contribution is -2.38. The van der Waals surface area contributed by atoms with Crippen molar-refractivity contribution >= 4 is 0 Å². The highest BCUT2D eigenvalue weighted by molar-refractivity contribution is 5.23. The van der Waals surface area contributed by atoms with Crippen LogP contribution in [0.2, 0.25) is 0 Å². The van der Waals surface area contributed by atoms with Crippen LogP contribution in [0.15, 0.2) is 48.6 Å². The third kappa shape index (κ3) is 2.31. The van der Waals surface area contributed by atoms with Crippen molar-refractivity contribution < 1.29 is 0 Å². The molecule has 0 aliphatic heterocycles. The summed E-state index contributed by atoms with van der Waals surface area (Å²) in [6.45, 7) is 7.16. The quantitative estimate of drug-likeness (QED) is 0.633. The predicted octanol–water partition coefficient (Wildman–Crippen LogP) is 5.06. The zero-order valence-electron chi connectivity index (χ0n) is 11.3. The lowest BCUT2D eigenvalue weighted by Gasteiger charge is -2.46. The topological polar surface area (TPSA) is 0 Å². The minimum Gasteiger partial charge on any atom is -0.0837 e. The van der Waals surface area contributed by atoms with Gasteiger partial charge in [0.2, 0.25) is 0 Å². The van der Waals surface area contributed by atoms with Gasteiger partial charge in [0.15, 0.2) is 0 Å². The Kier molecular flexibility index (Phi) is 3.42. The summed E-state index contributed by atoms with van der Waals surface area (Å²) in [5, 5.41) is 0. The molecule has 0 fully saturated rings. The summed E-state index contributed by atoms with van der Waals surface area (Å²) in [6.07, 6.45) is 21.8. The summed E-state index contributed by atoms with van der Waals surface area (Å²) in [7, 11) is 0.